The van der Waals surface area contributed by atoms with Gasteiger partial charge in [0.2, 0.25) is 0 Å². The third-order valence-corrected chi connectivity index (χ3v) is 2.79. The summed E-state index contributed by atoms with van der Waals surface area (Å²) in [5.74, 6) is -0.570. The van der Waals surface area contributed by atoms with Gasteiger partial charge in [-0.2, -0.15) is 0 Å². The highest BCUT2D eigenvalue weighted by atomic mass is 16.6. The topological polar surface area (TPSA) is 105 Å². The minimum absolute atomic E-state index is 0.0213. The molecule has 1 amide bonds. The molecule has 1 aliphatic rings. The Morgan fingerprint density at radius 1 is 1.38 bits per heavy atom. The molecule has 0 aromatic heterocycles. The van der Waals surface area contributed by atoms with Crippen molar-refractivity contribution in [3.63, 3.8) is 0 Å². The number of alkyl carbamates (subject to hydrolysis) is 1. The number of rotatable bonds is 3. The fourth-order valence-corrected chi connectivity index (χ4v) is 1.91. The number of ether oxygens (including phenoxy) is 2. The van der Waals surface area contributed by atoms with E-state index < -0.39 is 35.9 Å². The third-order valence-electron chi connectivity index (χ3n) is 2.79. The van der Waals surface area contributed by atoms with Crippen LogP contribution in [0.2, 0.25) is 0 Å². The zero-order valence-corrected chi connectivity index (χ0v) is 12.8. The molecule has 0 radical (unpaired) electrons. The van der Waals surface area contributed by atoms with Crippen molar-refractivity contribution in [3.05, 3.63) is 11.6 Å². The smallest absolute Gasteiger partial charge is 0.408 e. The molecule has 0 heterocycles. The minimum Gasteiger partial charge on any atom is -0.463 e. The lowest BCUT2D eigenvalue weighted by Crippen LogP contribution is -2.51. The van der Waals surface area contributed by atoms with Crippen LogP contribution in [-0.4, -0.2) is 52.7 Å². The van der Waals surface area contributed by atoms with Gasteiger partial charge in [0.1, 0.15) is 11.7 Å². The summed E-state index contributed by atoms with van der Waals surface area (Å²) in [7, 11) is 0. The standard InChI is InChI=1S/C14H23NO6/c1-5-20-12(18)8-6-9(11(17)10(16)7-8)15-13(19)21-14(2,3)4/h6,9-11,16-17H,5,7H2,1-4H3,(H,15,19)/t9-,10+,11+/m0/s1. The van der Waals surface area contributed by atoms with Crippen LogP contribution in [-0.2, 0) is 14.3 Å². The molecule has 0 aliphatic heterocycles. The first kappa shape index (κ1) is 17.5. The molecule has 0 spiro atoms. The molecule has 21 heavy (non-hydrogen) atoms. The molecular weight excluding hydrogens is 278 g/mol. The van der Waals surface area contributed by atoms with Gasteiger partial charge in [0.05, 0.1) is 18.8 Å². The molecule has 120 valence electrons. The highest BCUT2D eigenvalue weighted by Crippen LogP contribution is 2.21. The van der Waals surface area contributed by atoms with E-state index in [1.54, 1.807) is 27.7 Å². The van der Waals surface area contributed by atoms with Crippen LogP contribution in [0.5, 0.6) is 0 Å². The highest BCUT2D eigenvalue weighted by Gasteiger charge is 2.34. The van der Waals surface area contributed by atoms with Crippen molar-refractivity contribution < 1.29 is 29.3 Å². The van der Waals surface area contributed by atoms with Gasteiger partial charge in [0, 0.05) is 12.0 Å². The molecule has 3 N–H and O–H groups in total. The van der Waals surface area contributed by atoms with Crippen LogP contribution in [0.4, 0.5) is 4.79 Å². The number of aliphatic hydroxyl groups excluding tert-OH is 2. The Hall–Kier alpha value is -1.60. The lowest BCUT2D eigenvalue weighted by Gasteiger charge is -2.31. The summed E-state index contributed by atoms with van der Waals surface area (Å²) in [6, 6.07) is -0.914. The number of hydrogen-bond acceptors (Lipinski definition) is 6. The Labute approximate surface area is 123 Å². The first-order chi connectivity index (χ1) is 9.64. The molecule has 7 heteroatoms. The zero-order chi connectivity index (χ0) is 16.2. The predicted molar refractivity (Wildman–Crippen MR) is 74.5 cm³/mol. The number of aliphatic hydroxyl groups is 2. The van der Waals surface area contributed by atoms with E-state index in [1.807, 2.05) is 0 Å². The van der Waals surface area contributed by atoms with Gasteiger partial charge in [0.25, 0.3) is 0 Å². The Kier molecular flexibility index (Phi) is 5.74. The molecule has 0 fully saturated rings. The van der Waals surface area contributed by atoms with Gasteiger partial charge in [-0.05, 0) is 33.8 Å². The fourth-order valence-electron chi connectivity index (χ4n) is 1.91. The number of carbonyl (C=O) groups is 2. The first-order valence-electron chi connectivity index (χ1n) is 6.87. The summed E-state index contributed by atoms with van der Waals surface area (Å²) in [6.07, 6.45) is -1.74. The first-order valence-corrected chi connectivity index (χ1v) is 6.87. The monoisotopic (exact) mass is 301 g/mol. The molecule has 0 bridgehead atoms. The van der Waals surface area contributed by atoms with Crippen molar-refractivity contribution >= 4 is 12.1 Å². The molecule has 0 aromatic rings. The molecule has 3 atom stereocenters. The van der Waals surface area contributed by atoms with Gasteiger partial charge in [-0.15, -0.1) is 0 Å². The van der Waals surface area contributed by atoms with Crippen molar-refractivity contribution in [1.29, 1.82) is 0 Å². The second kappa shape index (κ2) is 6.91. The average molecular weight is 301 g/mol. The molecule has 7 nitrogen and oxygen atoms in total. The van der Waals surface area contributed by atoms with Crippen LogP contribution in [0, 0.1) is 0 Å². The van der Waals surface area contributed by atoms with E-state index in [-0.39, 0.29) is 18.6 Å². The van der Waals surface area contributed by atoms with E-state index in [0.717, 1.165) is 0 Å². The maximum atomic E-state index is 11.7. The van der Waals surface area contributed by atoms with Gasteiger partial charge >= 0.3 is 12.1 Å². The van der Waals surface area contributed by atoms with Gasteiger partial charge in [-0.25, -0.2) is 9.59 Å². The molecule has 0 aromatic carbocycles. The fraction of sp³-hybridized carbons (Fsp3) is 0.714. The third kappa shape index (κ3) is 5.35. The molecule has 1 rings (SSSR count). The van der Waals surface area contributed by atoms with Gasteiger partial charge in [-0.3, -0.25) is 0 Å². The van der Waals surface area contributed by atoms with Crippen LogP contribution in [0.3, 0.4) is 0 Å². The van der Waals surface area contributed by atoms with E-state index in [0.29, 0.717) is 0 Å². The molecule has 0 saturated carbocycles. The second-order valence-corrected chi connectivity index (χ2v) is 5.85. The van der Waals surface area contributed by atoms with E-state index in [1.165, 1.54) is 6.08 Å². The van der Waals surface area contributed by atoms with E-state index in [9.17, 15) is 19.8 Å². The SMILES string of the molecule is CCOC(=O)C1=C[C@H](NC(=O)OC(C)(C)C)[C@@H](O)[C@H](O)C1. The van der Waals surface area contributed by atoms with Gasteiger partial charge in [-0.1, -0.05) is 0 Å². The largest absolute Gasteiger partial charge is 0.463 e. The summed E-state index contributed by atoms with van der Waals surface area (Å²) in [5, 5.41) is 22.1. The van der Waals surface area contributed by atoms with Crippen LogP contribution in [0.15, 0.2) is 11.6 Å². The number of carbonyl (C=O) groups excluding carboxylic acids is 2. The number of amides is 1. The Balaban J connectivity index is 2.80. The average Bonchev–Trinajstić information content (AvgIpc) is 2.32. The Bertz CT molecular complexity index is 426. The van der Waals surface area contributed by atoms with Crippen molar-refractivity contribution in [3.8, 4) is 0 Å². The summed E-state index contributed by atoms with van der Waals surface area (Å²) in [4.78, 5) is 23.4. The molecule has 0 unspecified atom stereocenters. The van der Waals surface area contributed by atoms with Crippen LogP contribution in [0.25, 0.3) is 0 Å². The summed E-state index contributed by atoms with van der Waals surface area (Å²) in [5.41, 5.74) is -0.466. The normalized spacial score (nSPS) is 25.8. The summed E-state index contributed by atoms with van der Waals surface area (Å²) >= 11 is 0. The van der Waals surface area contributed by atoms with Gasteiger partial charge < -0.3 is 25.0 Å². The second-order valence-electron chi connectivity index (χ2n) is 5.85. The quantitative estimate of drug-likeness (QED) is 0.655. The lowest BCUT2D eigenvalue weighted by atomic mass is 9.90. The number of nitrogens with one attached hydrogen (secondary N) is 1. The lowest BCUT2D eigenvalue weighted by molar-refractivity contribution is -0.139. The number of esters is 1. The van der Waals surface area contributed by atoms with Gasteiger partial charge in [0.15, 0.2) is 0 Å². The molecular formula is C14H23NO6. The predicted octanol–water partition coefficient (Wildman–Crippen LogP) is 0.495. The van der Waals surface area contributed by atoms with Crippen molar-refractivity contribution in [2.45, 2.75) is 58.0 Å². The van der Waals surface area contributed by atoms with Crippen molar-refractivity contribution in [1.82, 2.24) is 5.32 Å². The van der Waals surface area contributed by atoms with Crippen molar-refractivity contribution in [2.24, 2.45) is 0 Å². The van der Waals surface area contributed by atoms with Crippen LogP contribution in [0.1, 0.15) is 34.1 Å². The Morgan fingerprint density at radius 3 is 2.52 bits per heavy atom. The van der Waals surface area contributed by atoms with Crippen LogP contribution < -0.4 is 5.32 Å². The van der Waals surface area contributed by atoms with Crippen LogP contribution >= 0.6 is 0 Å². The van der Waals surface area contributed by atoms with E-state index >= 15 is 0 Å². The Morgan fingerprint density at radius 2 is 2.00 bits per heavy atom. The summed E-state index contributed by atoms with van der Waals surface area (Å²) < 4.78 is 9.93. The summed E-state index contributed by atoms with van der Waals surface area (Å²) in [6.45, 7) is 7.00. The maximum absolute atomic E-state index is 11.7. The number of hydrogen-bond donors (Lipinski definition) is 3. The van der Waals surface area contributed by atoms with E-state index in [2.05, 4.69) is 5.32 Å². The highest BCUT2D eigenvalue weighted by molar-refractivity contribution is 5.89. The maximum Gasteiger partial charge on any atom is 0.408 e. The zero-order valence-electron chi connectivity index (χ0n) is 12.8. The minimum atomic E-state index is -1.21. The van der Waals surface area contributed by atoms with E-state index in [4.69, 9.17) is 9.47 Å². The van der Waals surface area contributed by atoms with Crippen molar-refractivity contribution in [2.75, 3.05) is 6.61 Å². The molecule has 1 aliphatic carbocycles. The molecule has 0 saturated heterocycles.